The first kappa shape index (κ1) is 15.1. The third-order valence-electron chi connectivity index (χ3n) is 3.82. The van der Waals surface area contributed by atoms with E-state index in [2.05, 4.69) is 21.6 Å². The molecule has 2 aromatic carbocycles. The van der Waals surface area contributed by atoms with Crippen LogP contribution in [0.3, 0.4) is 0 Å². The molecule has 0 radical (unpaired) electrons. The number of unbranched alkanes of at least 4 members (excludes halogenated alkanes) is 1. The summed E-state index contributed by atoms with van der Waals surface area (Å²) in [5.41, 5.74) is 2.42. The molecular formula is C18H19N3O2. The first-order valence-corrected chi connectivity index (χ1v) is 7.74. The van der Waals surface area contributed by atoms with Gasteiger partial charge in [0.2, 0.25) is 0 Å². The van der Waals surface area contributed by atoms with E-state index in [0.717, 1.165) is 35.9 Å². The fourth-order valence-electron chi connectivity index (χ4n) is 2.59. The van der Waals surface area contributed by atoms with E-state index in [4.69, 9.17) is 0 Å². The van der Waals surface area contributed by atoms with E-state index in [0.29, 0.717) is 12.1 Å². The Kier molecular flexibility index (Phi) is 4.57. The van der Waals surface area contributed by atoms with Crippen LogP contribution in [0.4, 0.5) is 0 Å². The summed E-state index contributed by atoms with van der Waals surface area (Å²) in [5, 5.41) is 21.0. The number of aromatic amines is 1. The van der Waals surface area contributed by atoms with Crippen molar-refractivity contribution in [3.05, 3.63) is 59.8 Å². The van der Waals surface area contributed by atoms with Gasteiger partial charge in [-0.3, -0.25) is 9.89 Å². The quantitative estimate of drug-likeness (QED) is 0.612. The van der Waals surface area contributed by atoms with Gasteiger partial charge in [0.05, 0.1) is 16.8 Å². The molecule has 1 heterocycles. The Morgan fingerprint density at radius 3 is 2.74 bits per heavy atom. The number of amides is 1. The number of H-pyrrole nitrogens is 1. The zero-order valence-corrected chi connectivity index (χ0v) is 12.7. The predicted molar refractivity (Wildman–Crippen MR) is 89.5 cm³/mol. The maximum Gasteiger partial charge on any atom is 0.255 e. The van der Waals surface area contributed by atoms with E-state index in [1.165, 1.54) is 6.07 Å². The lowest BCUT2D eigenvalue weighted by Gasteiger charge is -2.06. The normalized spacial score (nSPS) is 10.8. The number of aromatic hydroxyl groups is 1. The number of rotatable bonds is 6. The Morgan fingerprint density at radius 1 is 1.09 bits per heavy atom. The standard InChI is InChI=1S/C18H19N3O2/c22-17-11-4-2-8-14(17)18(23)19-12-6-5-10-16-13-7-1-3-9-15(13)20-21-16/h1-4,7-9,11,22H,5-6,10,12H2,(H,19,23)(H,20,21). The molecule has 0 saturated heterocycles. The number of nitrogens with one attached hydrogen (secondary N) is 2. The zero-order chi connectivity index (χ0) is 16.1. The highest BCUT2D eigenvalue weighted by molar-refractivity contribution is 5.96. The van der Waals surface area contributed by atoms with Crippen molar-refractivity contribution in [3.8, 4) is 5.75 Å². The minimum absolute atomic E-state index is 0.00740. The van der Waals surface area contributed by atoms with Crippen molar-refractivity contribution in [1.82, 2.24) is 15.5 Å². The Morgan fingerprint density at radius 2 is 1.87 bits per heavy atom. The summed E-state index contributed by atoms with van der Waals surface area (Å²) in [5.74, 6) is -0.235. The van der Waals surface area contributed by atoms with Crippen LogP contribution in [0.2, 0.25) is 0 Å². The van der Waals surface area contributed by atoms with Crippen molar-refractivity contribution in [1.29, 1.82) is 0 Å². The molecule has 1 aromatic heterocycles. The number of aryl methyl sites for hydroxylation is 1. The second-order valence-electron chi connectivity index (χ2n) is 5.45. The average molecular weight is 309 g/mol. The van der Waals surface area contributed by atoms with Gasteiger partial charge in [0.1, 0.15) is 5.75 Å². The molecule has 1 amide bonds. The molecule has 23 heavy (non-hydrogen) atoms. The lowest BCUT2D eigenvalue weighted by atomic mass is 10.1. The lowest BCUT2D eigenvalue weighted by molar-refractivity contribution is 0.0950. The highest BCUT2D eigenvalue weighted by Crippen LogP contribution is 2.17. The lowest BCUT2D eigenvalue weighted by Crippen LogP contribution is -2.24. The van der Waals surface area contributed by atoms with E-state index < -0.39 is 0 Å². The van der Waals surface area contributed by atoms with Crippen LogP contribution in [0.1, 0.15) is 28.9 Å². The largest absolute Gasteiger partial charge is 0.507 e. The number of para-hydroxylation sites is 2. The van der Waals surface area contributed by atoms with Gasteiger partial charge in [0.25, 0.3) is 5.91 Å². The number of carbonyl (C=O) groups excluding carboxylic acids is 1. The van der Waals surface area contributed by atoms with E-state index >= 15 is 0 Å². The van der Waals surface area contributed by atoms with E-state index in [1.54, 1.807) is 18.2 Å². The third kappa shape index (κ3) is 3.51. The van der Waals surface area contributed by atoms with Crippen LogP contribution >= 0.6 is 0 Å². The van der Waals surface area contributed by atoms with Crippen LogP contribution in [0.15, 0.2) is 48.5 Å². The molecular weight excluding hydrogens is 290 g/mol. The highest BCUT2D eigenvalue weighted by Gasteiger charge is 2.09. The van der Waals surface area contributed by atoms with Crippen molar-refractivity contribution < 1.29 is 9.90 Å². The van der Waals surface area contributed by atoms with Gasteiger partial charge in [0, 0.05) is 11.9 Å². The number of phenols is 1. The molecule has 0 aliphatic carbocycles. The molecule has 0 unspecified atom stereocenters. The van der Waals surface area contributed by atoms with Crippen molar-refractivity contribution in [2.24, 2.45) is 0 Å². The van der Waals surface area contributed by atoms with Crippen molar-refractivity contribution >= 4 is 16.8 Å². The number of carbonyl (C=O) groups is 1. The van der Waals surface area contributed by atoms with Gasteiger partial charge in [-0.15, -0.1) is 0 Å². The molecule has 0 aliphatic rings. The minimum atomic E-state index is -0.242. The van der Waals surface area contributed by atoms with Crippen LogP contribution in [0.25, 0.3) is 10.9 Å². The smallest absolute Gasteiger partial charge is 0.255 e. The SMILES string of the molecule is O=C(NCCCCc1n[nH]c2ccccc12)c1ccccc1O. The monoisotopic (exact) mass is 309 g/mol. The number of aromatic nitrogens is 2. The number of hydrogen-bond acceptors (Lipinski definition) is 3. The Balaban J connectivity index is 1.45. The molecule has 0 spiro atoms. The average Bonchev–Trinajstić information content (AvgIpc) is 2.98. The molecule has 3 rings (SSSR count). The second-order valence-corrected chi connectivity index (χ2v) is 5.45. The summed E-state index contributed by atoms with van der Waals surface area (Å²) in [7, 11) is 0. The van der Waals surface area contributed by atoms with Gasteiger partial charge in [-0.2, -0.15) is 5.10 Å². The maximum atomic E-state index is 11.9. The molecule has 0 aliphatic heterocycles. The molecule has 0 atom stereocenters. The second kappa shape index (κ2) is 6.96. The maximum absolute atomic E-state index is 11.9. The molecule has 0 fully saturated rings. The topological polar surface area (TPSA) is 78.0 Å². The van der Waals surface area contributed by atoms with E-state index in [1.807, 2.05) is 18.2 Å². The van der Waals surface area contributed by atoms with Gasteiger partial charge in [-0.1, -0.05) is 30.3 Å². The number of benzene rings is 2. The fourth-order valence-corrected chi connectivity index (χ4v) is 2.59. The molecule has 3 N–H and O–H groups in total. The molecule has 5 heteroatoms. The molecule has 5 nitrogen and oxygen atoms in total. The Labute approximate surface area is 134 Å². The molecule has 118 valence electrons. The van der Waals surface area contributed by atoms with Crippen molar-refractivity contribution in [2.45, 2.75) is 19.3 Å². The first-order chi connectivity index (χ1) is 11.3. The Bertz CT molecular complexity index is 811. The fraction of sp³-hybridized carbons (Fsp3) is 0.222. The summed E-state index contributed by atoms with van der Waals surface area (Å²) >= 11 is 0. The van der Waals surface area contributed by atoms with Crippen molar-refractivity contribution in [3.63, 3.8) is 0 Å². The summed E-state index contributed by atoms with van der Waals surface area (Å²) in [6, 6.07) is 14.6. The van der Waals surface area contributed by atoms with Crippen molar-refractivity contribution in [2.75, 3.05) is 6.54 Å². The van der Waals surface area contributed by atoms with Crippen LogP contribution in [0, 0.1) is 0 Å². The van der Waals surface area contributed by atoms with E-state index in [9.17, 15) is 9.90 Å². The van der Waals surface area contributed by atoms with E-state index in [-0.39, 0.29) is 11.7 Å². The predicted octanol–water partition coefficient (Wildman–Crippen LogP) is 3.02. The van der Waals surface area contributed by atoms with Gasteiger partial charge in [0.15, 0.2) is 0 Å². The van der Waals surface area contributed by atoms with Gasteiger partial charge >= 0.3 is 0 Å². The molecule has 3 aromatic rings. The number of hydrogen-bond donors (Lipinski definition) is 3. The van der Waals surface area contributed by atoms with Crippen LogP contribution in [0.5, 0.6) is 5.75 Å². The van der Waals surface area contributed by atoms with Gasteiger partial charge in [-0.05, 0) is 37.5 Å². The molecule has 0 saturated carbocycles. The minimum Gasteiger partial charge on any atom is -0.507 e. The van der Waals surface area contributed by atoms with Crippen LogP contribution in [-0.4, -0.2) is 27.8 Å². The van der Waals surface area contributed by atoms with Gasteiger partial charge < -0.3 is 10.4 Å². The Hall–Kier alpha value is -2.82. The first-order valence-electron chi connectivity index (χ1n) is 7.74. The van der Waals surface area contributed by atoms with Crippen LogP contribution < -0.4 is 5.32 Å². The summed E-state index contributed by atoms with van der Waals surface area (Å²) in [6.07, 6.45) is 2.67. The summed E-state index contributed by atoms with van der Waals surface area (Å²) in [4.78, 5) is 11.9. The summed E-state index contributed by atoms with van der Waals surface area (Å²) in [6.45, 7) is 0.579. The summed E-state index contributed by atoms with van der Waals surface area (Å²) < 4.78 is 0. The number of fused-ring (bicyclic) bond motifs is 1. The third-order valence-corrected chi connectivity index (χ3v) is 3.82. The highest BCUT2D eigenvalue weighted by atomic mass is 16.3. The number of nitrogens with zero attached hydrogens (tertiary/aromatic N) is 1. The van der Waals surface area contributed by atoms with Gasteiger partial charge in [-0.25, -0.2) is 0 Å². The van der Waals surface area contributed by atoms with Crippen LogP contribution in [-0.2, 0) is 6.42 Å². The zero-order valence-electron chi connectivity index (χ0n) is 12.7. The number of phenolic OH excluding ortho intramolecular Hbond substituents is 1. The molecule has 0 bridgehead atoms.